The molecule has 1 aliphatic rings. The number of carboxylic acids is 1. The normalized spacial score (nSPS) is 12.9. The van der Waals surface area contributed by atoms with Gasteiger partial charge in [0.1, 0.15) is 30.2 Å². The molecule has 0 saturated heterocycles. The van der Waals surface area contributed by atoms with Crippen molar-refractivity contribution in [2.45, 2.75) is 24.9 Å². The smallest absolute Gasteiger partial charge is 0.407 e. The van der Waals surface area contributed by atoms with Crippen LogP contribution >= 0.6 is 0 Å². The number of rotatable bonds is 10. The van der Waals surface area contributed by atoms with Crippen LogP contribution in [-0.4, -0.2) is 54.6 Å². The Balaban J connectivity index is 1.34. The van der Waals surface area contributed by atoms with Gasteiger partial charge in [-0.1, -0.05) is 53.7 Å². The molecule has 2 aromatic carbocycles. The number of aromatic nitrogens is 1. The lowest BCUT2D eigenvalue weighted by atomic mass is 9.98. The SMILES string of the molecule is COCCC(NC(=O)c1conc1CNC(=O)OCC1c2ccccc2-c2ccccc21)C(=O)O. The number of carbonyl (C=O) groups excluding carboxylic acids is 2. The van der Waals surface area contributed by atoms with Gasteiger partial charge in [0.25, 0.3) is 5.91 Å². The molecule has 3 N–H and O–H groups in total. The average Bonchev–Trinajstić information content (AvgIpc) is 3.46. The fourth-order valence-corrected chi connectivity index (χ4v) is 4.11. The Bertz CT molecular complexity index is 1180. The summed E-state index contributed by atoms with van der Waals surface area (Å²) in [5, 5.41) is 18.0. The van der Waals surface area contributed by atoms with Crippen LogP contribution in [0.1, 0.15) is 39.5 Å². The minimum absolute atomic E-state index is 0.0209. The van der Waals surface area contributed by atoms with Crippen LogP contribution in [0.4, 0.5) is 4.79 Å². The van der Waals surface area contributed by atoms with Gasteiger partial charge in [-0.2, -0.15) is 0 Å². The zero-order chi connectivity index (χ0) is 24.8. The Morgan fingerprint density at radius 2 is 1.74 bits per heavy atom. The van der Waals surface area contributed by atoms with Crippen LogP contribution in [0, 0.1) is 0 Å². The van der Waals surface area contributed by atoms with E-state index in [1.54, 1.807) is 0 Å². The first-order valence-electron chi connectivity index (χ1n) is 11.0. The van der Waals surface area contributed by atoms with Gasteiger partial charge < -0.3 is 29.7 Å². The molecule has 0 spiro atoms. The van der Waals surface area contributed by atoms with E-state index in [1.807, 2.05) is 36.4 Å². The largest absolute Gasteiger partial charge is 0.480 e. The van der Waals surface area contributed by atoms with E-state index in [9.17, 15) is 19.5 Å². The van der Waals surface area contributed by atoms with E-state index >= 15 is 0 Å². The molecule has 0 saturated carbocycles. The van der Waals surface area contributed by atoms with Crippen LogP contribution in [0.25, 0.3) is 11.1 Å². The molecule has 1 atom stereocenters. The van der Waals surface area contributed by atoms with Crippen molar-refractivity contribution in [3.8, 4) is 11.1 Å². The standard InChI is InChI=1S/C25H25N3O7/c1-33-11-10-21(24(30)31)27-23(29)20-14-35-28-22(20)12-26-25(32)34-13-19-17-8-4-2-6-15(17)16-7-3-5-9-18(16)19/h2-9,14,19,21H,10-13H2,1H3,(H,26,32)(H,27,29)(H,30,31). The number of ether oxygens (including phenoxy) is 2. The van der Waals surface area contributed by atoms with Crippen LogP contribution in [0.5, 0.6) is 0 Å². The molecule has 3 aromatic rings. The summed E-state index contributed by atoms with van der Waals surface area (Å²) in [6.07, 6.45) is 0.514. The number of benzene rings is 2. The lowest BCUT2D eigenvalue weighted by Crippen LogP contribution is -2.41. The predicted octanol–water partition coefficient (Wildman–Crippen LogP) is 2.93. The summed E-state index contributed by atoms with van der Waals surface area (Å²) in [6.45, 7) is 0.175. The number of hydrogen-bond donors (Lipinski definition) is 3. The highest BCUT2D eigenvalue weighted by Crippen LogP contribution is 2.44. The highest BCUT2D eigenvalue weighted by atomic mass is 16.5. The monoisotopic (exact) mass is 479 g/mol. The molecular formula is C25H25N3O7. The van der Waals surface area contributed by atoms with Crippen molar-refractivity contribution in [1.82, 2.24) is 15.8 Å². The van der Waals surface area contributed by atoms with Crippen LogP contribution in [-0.2, 0) is 20.8 Å². The lowest BCUT2D eigenvalue weighted by molar-refractivity contribution is -0.139. The van der Waals surface area contributed by atoms with E-state index in [-0.39, 0.29) is 43.4 Å². The van der Waals surface area contributed by atoms with E-state index in [1.165, 1.54) is 7.11 Å². The molecule has 0 radical (unpaired) electrons. The highest BCUT2D eigenvalue weighted by molar-refractivity contribution is 5.97. The van der Waals surface area contributed by atoms with Gasteiger partial charge in [0.15, 0.2) is 0 Å². The molecule has 182 valence electrons. The maximum atomic E-state index is 12.5. The molecule has 2 amide bonds. The summed E-state index contributed by atoms with van der Waals surface area (Å²) in [7, 11) is 1.44. The average molecular weight is 479 g/mol. The molecule has 1 aliphatic carbocycles. The first kappa shape index (κ1) is 24.0. The summed E-state index contributed by atoms with van der Waals surface area (Å²) >= 11 is 0. The van der Waals surface area contributed by atoms with E-state index in [0.717, 1.165) is 28.5 Å². The molecule has 0 bridgehead atoms. The second-order valence-corrected chi connectivity index (χ2v) is 8.00. The number of nitrogens with zero attached hydrogens (tertiary/aromatic N) is 1. The summed E-state index contributed by atoms with van der Waals surface area (Å²) in [4.78, 5) is 36.3. The molecule has 4 rings (SSSR count). The maximum absolute atomic E-state index is 12.5. The van der Waals surface area contributed by atoms with Crippen molar-refractivity contribution in [2.75, 3.05) is 20.3 Å². The number of fused-ring (bicyclic) bond motifs is 3. The predicted molar refractivity (Wildman–Crippen MR) is 124 cm³/mol. The molecule has 0 fully saturated rings. The van der Waals surface area contributed by atoms with Gasteiger partial charge in [-0.05, 0) is 22.3 Å². The topological polar surface area (TPSA) is 140 Å². The van der Waals surface area contributed by atoms with Crippen molar-refractivity contribution in [3.05, 3.63) is 77.2 Å². The number of alkyl carbamates (subject to hydrolysis) is 1. The van der Waals surface area contributed by atoms with Gasteiger partial charge in [0.2, 0.25) is 0 Å². The number of methoxy groups -OCH3 is 1. The quantitative estimate of drug-likeness (QED) is 0.403. The first-order chi connectivity index (χ1) is 17.0. The van der Waals surface area contributed by atoms with E-state index in [0.29, 0.717) is 0 Å². The summed E-state index contributed by atoms with van der Waals surface area (Å²) < 4.78 is 15.2. The number of carbonyl (C=O) groups is 3. The first-order valence-corrected chi connectivity index (χ1v) is 11.0. The lowest BCUT2D eigenvalue weighted by Gasteiger charge is -2.15. The molecule has 0 aliphatic heterocycles. The van der Waals surface area contributed by atoms with Gasteiger partial charge in [0, 0.05) is 26.1 Å². The summed E-state index contributed by atoms with van der Waals surface area (Å²) in [5.41, 5.74) is 4.61. The fourth-order valence-electron chi connectivity index (χ4n) is 4.11. The van der Waals surface area contributed by atoms with Gasteiger partial charge in [-0.3, -0.25) is 4.79 Å². The molecular weight excluding hydrogens is 454 g/mol. The Labute approximate surface area is 201 Å². The van der Waals surface area contributed by atoms with Crippen molar-refractivity contribution in [1.29, 1.82) is 0 Å². The van der Waals surface area contributed by atoms with Gasteiger partial charge in [-0.25, -0.2) is 9.59 Å². The van der Waals surface area contributed by atoms with Crippen LogP contribution in [0.15, 0.2) is 59.3 Å². The number of amides is 2. The summed E-state index contributed by atoms with van der Waals surface area (Å²) in [5.74, 6) is -1.95. The van der Waals surface area contributed by atoms with Crippen molar-refractivity contribution in [3.63, 3.8) is 0 Å². The number of carboxylic acid groups (broad SMARTS) is 1. The number of hydrogen-bond acceptors (Lipinski definition) is 7. The second-order valence-electron chi connectivity index (χ2n) is 8.00. The maximum Gasteiger partial charge on any atom is 0.407 e. The van der Waals surface area contributed by atoms with Crippen LogP contribution in [0.3, 0.4) is 0 Å². The van der Waals surface area contributed by atoms with Gasteiger partial charge >= 0.3 is 12.1 Å². The van der Waals surface area contributed by atoms with Crippen LogP contribution in [0.2, 0.25) is 0 Å². The molecule has 1 unspecified atom stereocenters. The molecule has 1 aromatic heterocycles. The Kier molecular flexibility index (Phi) is 7.41. The summed E-state index contributed by atoms with van der Waals surface area (Å²) in [6, 6.07) is 14.9. The van der Waals surface area contributed by atoms with Crippen molar-refractivity contribution >= 4 is 18.0 Å². The molecule has 1 heterocycles. The van der Waals surface area contributed by atoms with E-state index < -0.39 is 24.0 Å². The molecule has 35 heavy (non-hydrogen) atoms. The van der Waals surface area contributed by atoms with E-state index in [2.05, 4.69) is 27.9 Å². The number of aliphatic carboxylic acids is 1. The minimum atomic E-state index is -1.19. The Morgan fingerprint density at radius 1 is 1.09 bits per heavy atom. The molecule has 10 heteroatoms. The zero-order valence-electron chi connectivity index (χ0n) is 19.0. The zero-order valence-corrected chi connectivity index (χ0v) is 19.0. The third-order valence-corrected chi connectivity index (χ3v) is 5.85. The Hall–Kier alpha value is -4.18. The van der Waals surface area contributed by atoms with Crippen molar-refractivity contribution in [2.24, 2.45) is 0 Å². The van der Waals surface area contributed by atoms with Gasteiger partial charge in [-0.15, -0.1) is 0 Å². The van der Waals surface area contributed by atoms with Crippen molar-refractivity contribution < 1.29 is 33.5 Å². The Morgan fingerprint density at radius 3 is 2.37 bits per heavy atom. The third kappa shape index (κ3) is 5.33. The van der Waals surface area contributed by atoms with Crippen LogP contribution < -0.4 is 10.6 Å². The van der Waals surface area contributed by atoms with E-state index in [4.69, 9.17) is 14.0 Å². The second kappa shape index (κ2) is 10.8. The molecule has 10 nitrogen and oxygen atoms in total. The highest BCUT2D eigenvalue weighted by Gasteiger charge is 2.29. The van der Waals surface area contributed by atoms with Gasteiger partial charge in [0.05, 0.1) is 6.54 Å². The third-order valence-electron chi connectivity index (χ3n) is 5.85. The fraction of sp³-hybridized carbons (Fsp3) is 0.280. The number of nitrogens with one attached hydrogen (secondary N) is 2. The minimum Gasteiger partial charge on any atom is -0.480 e.